The fraction of sp³-hybridized carbons (Fsp3) is 0.0556. The summed E-state index contributed by atoms with van der Waals surface area (Å²) in [5.74, 6) is 0.942. The van der Waals surface area contributed by atoms with Gasteiger partial charge in [-0.2, -0.15) is 10.2 Å². The number of carbonyl (C=O) groups excluding carboxylic acids is 1. The minimum atomic E-state index is -0.259. The Labute approximate surface area is 163 Å². The lowest BCUT2D eigenvalue weighted by Gasteiger charge is -2.09. The zero-order chi connectivity index (χ0) is 18.6. The molecule has 0 fully saturated rings. The van der Waals surface area contributed by atoms with Crippen LogP contribution in [0.5, 0.6) is 0 Å². The average molecular weight is 424 g/mol. The molecular formula is C18H14BrN7O. The second-order valence-electron chi connectivity index (χ2n) is 5.70. The largest absolute Gasteiger partial charge is 0.307 e. The van der Waals surface area contributed by atoms with Gasteiger partial charge in [0.25, 0.3) is 5.91 Å². The Morgan fingerprint density at radius 3 is 2.63 bits per heavy atom. The van der Waals surface area contributed by atoms with Gasteiger partial charge in [-0.1, -0.05) is 28.1 Å². The van der Waals surface area contributed by atoms with Crippen molar-refractivity contribution in [2.75, 3.05) is 5.32 Å². The number of nitrogens with one attached hydrogen (secondary N) is 1. The number of rotatable bonds is 5. The lowest BCUT2D eigenvalue weighted by Crippen LogP contribution is -2.16. The Bertz CT molecular complexity index is 1040. The van der Waals surface area contributed by atoms with Crippen molar-refractivity contribution < 1.29 is 4.79 Å². The molecule has 134 valence electrons. The number of nitrogens with zero attached hydrogens (tertiary/aromatic N) is 6. The van der Waals surface area contributed by atoms with Crippen molar-refractivity contribution in [3.8, 4) is 5.82 Å². The minimum Gasteiger partial charge on any atom is -0.307 e. The summed E-state index contributed by atoms with van der Waals surface area (Å²) in [6.07, 6.45) is 6.12. The molecule has 1 aromatic carbocycles. The molecule has 4 rings (SSSR count). The van der Waals surface area contributed by atoms with E-state index in [1.165, 1.54) is 17.2 Å². The molecule has 0 saturated heterocycles. The number of anilines is 1. The van der Waals surface area contributed by atoms with Crippen LogP contribution in [0.4, 0.5) is 5.82 Å². The number of amides is 1. The van der Waals surface area contributed by atoms with Gasteiger partial charge in [-0.3, -0.25) is 4.79 Å². The van der Waals surface area contributed by atoms with E-state index in [0.717, 1.165) is 10.0 Å². The zero-order valence-electron chi connectivity index (χ0n) is 14.0. The molecule has 9 heteroatoms. The van der Waals surface area contributed by atoms with E-state index in [-0.39, 0.29) is 5.91 Å². The second-order valence-corrected chi connectivity index (χ2v) is 6.62. The Hall–Kier alpha value is -3.33. The highest BCUT2D eigenvalue weighted by atomic mass is 79.9. The van der Waals surface area contributed by atoms with E-state index in [0.29, 0.717) is 23.7 Å². The third-order valence-corrected chi connectivity index (χ3v) is 4.40. The summed E-state index contributed by atoms with van der Waals surface area (Å²) in [6, 6.07) is 13.1. The molecule has 0 bridgehead atoms. The van der Waals surface area contributed by atoms with Gasteiger partial charge in [0.2, 0.25) is 0 Å². The quantitative estimate of drug-likeness (QED) is 0.532. The first-order valence-corrected chi connectivity index (χ1v) is 8.87. The highest BCUT2D eigenvalue weighted by molar-refractivity contribution is 9.10. The van der Waals surface area contributed by atoms with Crippen LogP contribution in [0.1, 0.15) is 15.9 Å². The molecular weight excluding hydrogens is 410 g/mol. The molecule has 4 aromatic rings. The third-order valence-electron chi connectivity index (χ3n) is 3.87. The van der Waals surface area contributed by atoms with Crippen molar-refractivity contribution in [1.29, 1.82) is 0 Å². The molecule has 3 heterocycles. The molecule has 0 aliphatic carbocycles. The molecule has 1 amide bonds. The summed E-state index contributed by atoms with van der Waals surface area (Å²) >= 11 is 3.42. The van der Waals surface area contributed by atoms with Crippen LogP contribution in [0.3, 0.4) is 0 Å². The maximum atomic E-state index is 12.5. The van der Waals surface area contributed by atoms with Gasteiger partial charge in [0.15, 0.2) is 5.82 Å². The van der Waals surface area contributed by atoms with Crippen molar-refractivity contribution in [3.05, 3.63) is 83.1 Å². The Balaban J connectivity index is 1.47. The van der Waals surface area contributed by atoms with Gasteiger partial charge in [0, 0.05) is 16.7 Å². The van der Waals surface area contributed by atoms with E-state index in [4.69, 9.17) is 0 Å². The Morgan fingerprint density at radius 1 is 1.07 bits per heavy atom. The van der Waals surface area contributed by atoms with E-state index >= 15 is 0 Å². The summed E-state index contributed by atoms with van der Waals surface area (Å²) in [5, 5.41) is 11.2. The van der Waals surface area contributed by atoms with E-state index in [1.807, 2.05) is 24.3 Å². The molecule has 0 unspecified atom stereocenters. The second kappa shape index (κ2) is 7.50. The van der Waals surface area contributed by atoms with Crippen LogP contribution < -0.4 is 5.32 Å². The Kier molecular flexibility index (Phi) is 4.75. The smallest absolute Gasteiger partial charge is 0.258 e. The zero-order valence-corrected chi connectivity index (χ0v) is 15.6. The number of carbonyl (C=O) groups is 1. The number of aromatic nitrogens is 6. The van der Waals surface area contributed by atoms with E-state index < -0.39 is 0 Å². The molecule has 0 aliphatic heterocycles. The summed E-state index contributed by atoms with van der Waals surface area (Å²) in [7, 11) is 0. The maximum absolute atomic E-state index is 12.5. The molecule has 0 aliphatic rings. The number of hydrogen-bond donors (Lipinski definition) is 1. The summed E-state index contributed by atoms with van der Waals surface area (Å²) in [5.41, 5.74) is 1.52. The predicted molar refractivity (Wildman–Crippen MR) is 103 cm³/mol. The lowest BCUT2D eigenvalue weighted by atomic mass is 10.2. The average Bonchev–Trinajstić information content (AvgIpc) is 3.36. The number of halogens is 1. The van der Waals surface area contributed by atoms with Crippen LogP contribution in [0.25, 0.3) is 5.82 Å². The van der Waals surface area contributed by atoms with Crippen molar-refractivity contribution >= 4 is 27.7 Å². The van der Waals surface area contributed by atoms with Crippen LogP contribution in [0, 0.1) is 0 Å². The van der Waals surface area contributed by atoms with Crippen molar-refractivity contribution in [3.63, 3.8) is 0 Å². The highest BCUT2D eigenvalue weighted by Crippen LogP contribution is 2.15. The molecule has 0 atom stereocenters. The van der Waals surface area contributed by atoms with Crippen molar-refractivity contribution in [1.82, 2.24) is 29.5 Å². The van der Waals surface area contributed by atoms with Crippen LogP contribution in [0.15, 0.2) is 72.0 Å². The normalized spacial score (nSPS) is 10.7. The summed E-state index contributed by atoms with van der Waals surface area (Å²) in [4.78, 5) is 20.6. The predicted octanol–water partition coefficient (Wildman–Crippen LogP) is 2.92. The molecule has 0 radical (unpaired) electrons. The van der Waals surface area contributed by atoms with E-state index in [9.17, 15) is 4.79 Å². The minimum absolute atomic E-state index is 0.259. The first-order chi connectivity index (χ1) is 13.2. The van der Waals surface area contributed by atoms with Gasteiger partial charge in [-0.05, 0) is 29.8 Å². The molecule has 27 heavy (non-hydrogen) atoms. The van der Waals surface area contributed by atoms with Gasteiger partial charge in [0.1, 0.15) is 18.5 Å². The fourth-order valence-corrected chi connectivity index (χ4v) is 2.76. The topological polar surface area (TPSA) is 90.5 Å². The fourth-order valence-electron chi connectivity index (χ4n) is 2.50. The van der Waals surface area contributed by atoms with Gasteiger partial charge in [0.05, 0.1) is 18.3 Å². The maximum Gasteiger partial charge on any atom is 0.258 e. The van der Waals surface area contributed by atoms with Crippen LogP contribution in [-0.4, -0.2) is 35.4 Å². The Morgan fingerprint density at radius 2 is 1.93 bits per heavy atom. The molecule has 0 saturated carbocycles. The van der Waals surface area contributed by atoms with Crippen LogP contribution in [0.2, 0.25) is 0 Å². The van der Waals surface area contributed by atoms with Gasteiger partial charge >= 0.3 is 0 Å². The summed E-state index contributed by atoms with van der Waals surface area (Å²) in [6.45, 7) is 0.555. The van der Waals surface area contributed by atoms with Crippen molar-refractivity contribution in [2.45, 2.75) is 6.54 Å². The van der Waals surface area contributed by atoms with Crippen LogP contribution >= 0.6 is 15.9 Å². The van der Waals surface area contributed by atoms with Crippen LogP contribution in [-0.2, 0) is 6.54 Å². The first-order valence-electron chi connectivity index (χ1n) is 8.08. The number of pyridine rings is 1. The lowest BCUT2D eigenvalue weighted by molar-refractivity contribution is 0.102. The standard InChI is InChI=1S/C18H14BrN7O/c19-15-4-1-13(2-5-15)10-25-17(7-8-22-25)24-18(27)14-3-6-16(21-9-14)26-12-20-11-23-26/h1-9,11-12H,10H2,(H,24,27). The monoisotopic (exact) mass is 423 g/mol. The van der Waals surface area contributed by atoms with Gasteiger partial charge < -0.3 is 5.32 Å². The summed E-state index contributed by atoms with van der Waals surface area (Å²) < 4.78 is 4.27. The number of benzene rings is 1. The molecule has 0 spiro atoms. The highest BCUT2D eigenvalue weighted by Gasteiger charge is 2.11. The van der Waals surface area contributed by atoms with Crippen molar-refractivity contribution in [2.24, 2.45) is 0 Å². The molecule has 8 nitrogen and oxygen atoms in total. The third kappa shape index (κ3) is 3.93. The van der Waals surface area contributed by atoms with E-state index in [1.54, 1.807) is 35.4 Å². The van der Waals surface area contributed by atoms with Gasteiger partial charge in [-0.25, -0.2) is 19.3 Å². The first kappa shape index (κ1) is 17.1. The van der Waals surface area contributed by atoms with E-state index in [2.05, 4.69) is 41.4 Å². The molecule has 3 aromatic heterocycles. The SMILES string of the molecule is O=C(Nc1ccnn1Cc1ccc(Br)cc1)c1ccc(-n2cncn2)nc1. The van der Waals surface area contributed by atoms with Gasteiger partial charge in [-0.15, -0.1) is 0 Å². The number of hydrogen-bond acceptors (Lipinski definition) is 5. The molecule has 1 N–H and O–H groups in total.